The number of nitrogens with two attached hydrogens (primary N) is 1. The molecule has 0 spiro atoms. The number of carbonyl (C=O) groups is 2. The van der Waals surface area contributed by atoms with Crippen molar-refractivity contribution in [3.8, 4) is 0 Å². The molecular formula is C82H156NO8P. The van der Waals surface area contributed by atoms with Gasteiger partial charge in [0.2, 0.25) is 0 Å². The van der Waals surface area contributed by atoms with Crippen LogP contribution in [0.1, 0.15) is 431 Å². The summed E-state index contributed by atoms with van der Waals surface area (Å²) >= 11 is 0. The fourth-order valence-electron chi connectivity index (χ4n) is 12.5. The highest BCUT2D eigenvalue weighted by Crippen LogP contribution is 2.43. The molecule has 0 amide bonds. The first kappa shape index (κ1) is 90.0. The van der Waals surface area contributed by atoms with E-state index in [-0.39, 0.29) is 38.6 Å². The lowest BCUT2D eigenvalue weighted by Crippen LogP contribution is -2.29. The molecule has 0 fully saturated rings. The number of carbonyl (C=O) groups excluding carboxylic acids is 2. The number of esters is 2. The zero-order chi connectivity index (χ0) is 66.5. The maximum Gasteiger partial charge on any atom is 0.472 e. The Kier molecular flexibility index (Phi) is 76.3. The molecule has 0 aliphatic rings. The summed E-state index contributed by atoms with van der Waals surface area (Å²) in [6, 6.07) is 0. The largest absolute Gasteiger partial charge is 0.472 e. The average Bonchev–Trinajstić information content (AvgIpc) is 2.93. The first-order valence-electron chi connectivity index (χ1n) is 40.6. The maximum atomic E-state index is 12.8. The fraction of sp³-hybridized carbons (Fsp3) is 0.878. The summed E-state index contributed by atoms with van der Waals surface area (Å²) in [6.45, 7) is 3.72. The van der Waals surface area contributed by atoms with Crippen LogP contribution in [0.25, 0.3) is 0 Å². The first-order chi connectivity index (χ1) is 45.3. The summed E-state index contributed by atoms with van der Waals surface area (Å²) in [5.74, 6) is -0.800. The molecule has 2 unspecified atom stereocenters. The van der Waals surface area contributed by atoms with Crippen LogP contribution in [0.4, 0.5) is 0 Å². The van der Waals surface area contributed by atoms with E-state index in [4.69, 9.17) is 24.3 Å². The molecule has 0 aliphatic carbocycles. The van der Waals surface area contributed by atoms with Crippen LogP contribution < -0.4 is 5.73 Å². The monoisotopic (exact) mass is 1310 g/mol. The minimum atomic E-state index is -4.39. The Bertz CT molecular complexity index is 1650. The first-order valence-corrected chi connectivity index (χ1v) is 42.1. The van der Waals surface area contributed by atoms with E-state index in [1.807, 2.05) is 0 Å². The molecule has 542 valence electrons. The zero-order valence-corrected chi connectivity index (χ0v) is 62.2. The molecule has 10 heteroatoms. The predicted molar refractivity (Wildman–Crippen MR) is 400 cm³/mol. The summed E-state index contributed by atoms with van der Waals surface area (Å²) in [4.78, 5) is 35.5. The minimum Gasteiger partial charge on any atom is -0.462 e. The highest BCUT2D eigenvalue weighted by molar-refractivity contribution is 7.47. The lowest BCUT2D eigenvalue weighted by molar-refractivity contribution is -0.161. The van der Waals surface area contributed by atoms with Crippen molar-refractivity contribution < 1.29 is 37.6 Å². The van der Waals surface area contributed by atoms with E-state index < -0.39 is 26.5 Å². The van der Waals surface area contributed by atoms with Gasteiger partial charge in [-0.05, 0) is 51.4 Å². The van der Waals surface area contributed by atoms with Gasteiger partial charge in [0.15, 0.2) is 6.10 Å². The van der Waals surface area contributed by atoms with Crippen molar-refractivity contribution in [1.29, 1.82) is 0 Å². The van der Waals surface area contributed by atoms with Gasteiger partial charge in [0.05, 0.1) is 13.2 Å². The Morgan fingerprint density at radius 2 is 0.598 bits per heavy atom. The summed E-state index contributed by atoms with van der Waals surface area (Å²) in [6.07, 6.45) is 101. The van der Waals surface area contributed by atoms with Crippen LogP contribution in [0.2, 0.25) is 0 Å². The van der Waals surface area contributed by atoms with Gasteiger partial charge in [0, 0.05) is 19.4 Å². The van der Waals surface area contributed by atoms with Crippen molar-refractivity contribution in [3.05, 3.63) is 48.6 Å². The van der Waals surface area contributed by atoms with E-state index in [1.165, 1.54) is 340 Å². The number of rotatable bonds is 78. The van der Waals surface area contributed by atoms with Gasteiger partial charge in [-0.1, -0.05) is 416 Å². The Morgan fingerprint density at radius 1 is 0.337 bits per heavy atom. The summed E-state index contributed by atoms with van der Waals surface area (Å²) in [5, 5.41) is 0. The summed E-state index contributed by atoms with van der Waals surface area (Å²) in [7, 11) is -4.39. The van der Waals surface area contributed by atoms with E-state index in [1.54, 1.807) is 0 Å². The van der Waals surface area contributed by atoms with Gasteiger partial charge in [-0.15, -0.1) is 0 Å². The smallest absolute Gasteiger partial charge is 0.462 e. The SMILES string of the molecule is CC/C=C\C/C=C\C/C=C\C/C=C\CCCCCCCCCCCCCCCCCCCCCCCCC(=O)OC(COC(=O)CCCCCCCCCCCCCCCCCCCCCCCCCCCCCCCCCCCCCC)COP(=O)(O)OCCN. The molecule has 3 N–H and O–H groups in total. The van der Waals surface area contributed by atoms with Crippen molar-refractivity contribution in [1.82, 2.24) is 0 Å². The Hall–Kier alpha value is -2.03. The third kappa shape index (κ3) is 77.0. The van der Waals surface area contributed by atoms with E-state index >= 15 is 0 Å². The summed E-state index contributed by atoms with van der Waals surface area (Å²) < 4.78 is 33.3. The van der Waals surface area contributed by atoms with Crippen LogP contribution in [0.5, 0.6) is 0 Å². The molecule has 0 rings (SSSR count). The Labute approximate surface area is 572 Å². The quantitative estimate of drug-likeness (QED) is 0.0264. The molecule has 0 bridgehead atoms. The van der Waals surface area contributed by atoms with Crippen molar-refractivity contribution in [3.63, 3.8) is 0 Å². The second kappa shape index (κ2) is 78.0. The van der Waals surface area contributed by atoms with Gasteiger partial charge < -0.3 is 20.1 Å². The molecule has 0 heterocycles. The van der Waals surface area contributed by atoms with Crippen LogP contribution in [-0.2, 0) is 32.7 Å². The normalized spacial score (nSPS) is 13.0. The van der Waals surface area contributed by atoms with Gasteiger partial charge in [-0.2, -0.15) is 0 Å². The van der Waals surface area contributed by atoms with Crippen molar-refractivity contribution in [2.75, 3.05) is 26.4 Å². The number of phosphoric ester groups is 1. The molecule has 92 heavy (non-hydrogen) atoms. The molecule has 0 aliphatic heterocycles. The van der Waals surface area contributed by atoms with Crippen LogP contribution >= 0.6 is 7.82 Å². The average molecular weight is 1320 g/mol. The van der Waals surface area contributed by atoms with Gasteiger partial charge in [0.1, 0.15) is 6.61 Å². The van der Waals surface area contributed by atoms with Crippen LogP contribution in [0, 0.1) is 0 Å². The molecule has 0 saturated carbocycles. The predicted octanol–water partition coefficient (Wildman–Crippen LogP) is 27.2. The molecule has 0 radical (unpaired) electrons. The number of hydrogen-bond acceptors (Lipinski definition) is 8. The fourth-order valence-corrected chi connectivity index (χ4v) is 13.3. The molecule has 0 aromatic carbocycles. The zero-order valence-electron chi connectivity index (χ0n) is 61.3. The van der Waals surface area contributed by atoms with Gasteiger partial charge in [-0.3, -0.25) is 18.6 Å². The summed E-state index contributed by atoms with van der Waals surface area (Å²) in [5.41, 5.74) is 5.42. The van der Waals surface area contributed by atoms with Crippen LogP contribution in [0.15, 0.2) is 48.6 Å². The number of phosphoric acid groups is 1. The lowest BCUT2D eigenvalue weighted by Gasteiger charge is -2.19. The molecule has 0 saturated heterocycles. The maximum absolute atomic E-state index is 12.8. The van der Waals surface area contributed by atoms with Gasteiger partial charge in [0.25, 0.3) is 0 Å². The van der Waals surface area contributed by atoms with Crippen molar-refractivity contribution >= 4 is 19.8 Å². The third-order valence-electron chi connectivity index (χ3n) is 18.5. The molecule has 0 aromatic heterocycles. The third-order valence-corrected chi connectivity index (χ3v) is 19.5. The number of ether oxygens (including phenoxy) is 2. The topological polar surface area (TPSA) is 134 Å². The second-order valence-corrected chi connectivity index (χ2v) is 29.1. The van der Waals surface area contributed by atoms with Crippen LogP contribution in [-0.4, -0.2) is 49.3 Å². The molecule has 2 atom stereocenters. The van der Waals surface area contributed by atoms with E-state index in [9.17, 15) is 19.0 Å². The van der Waals surface area contributed by atoms with Crippen molar-refractivity contribution in [2.45, 2.75) is 437 Å². The van der Waals surface area contributed by atoms with E-state index in [2.05, 4.69) is 62.5 Å². The number of hydrogen-bond donors (Lipinski definition) is 2. The lowest BCUT2D eigenvalue weighted by atomic mass is 10.0. The molecule has 0 aromatic rings. The minimum absolute atomic E-state index is 0.0563. The highest BCUT2D eigenvalue weighted by atomic mass is 31.2. The number of unbranched alkanes of at least 4 members (excludes halogenated alkanes) is 57. The standard InChI is InChI=1S/C82H156NO8P/c1-3-5-7-9-11-13-15-17-19-21-23-25-27-29-31-33-35-37-39-41-42-44-46-48-50-52-54-56-58-60-62-64-66-68-70-72-74-81(84)88-78-80(79-90-92(86,87)89-77-76-83)91-82(85)75-73-71-69-67-65-63-61-59-57-55-53-51-49-47-45-43-40-38-36-34-32-30-28-26-24-22-20-18-16-14-12-10-8-6-4-2/h6,8,12,14,18,20,24,26,80H,3-5,7,9-11,13,15-17,19,21-23,25,27-79,83H2,1-2H3,(H,86,87)/b8-6-,14-12-,20-18-,26-24-. The molecular weight excluding hydrogens is 1160 g/mol. The second-order valence-electron chi connectivity index (χ2n) is 27.6. The molecule has 9 nitrogen and oxygen atoms in total. The Morgan fingerprint density at radius 3 is 0.891 bits per heavy atom. The highest BCUT2D eigenvalue weighted by Gasteiger charge is 2.26. The van der Waals surface area contributed by atoms with Gasteiger partial charge in [-0.25, -0.2) is 4.57 Å². The Balaban J connectivity index is 3.74. The van der Waals surface area contributed by atoms with Crippen molar-refractivity contribution in [2.24, 2.45) is 5.73 Å². The van der Waals surface area contributed by atoms with Gasteiger partial charge >= 0.3 is 19.8 Å². The van der Waals surface area contributed by atoms with Crippen LogP contribution in [0.3, 0.4) is 0 Å². The van der Waals surface area contributed by atoms with E-state index in [0.29, 0.717) is 6.42 Å². The number of allylic oxidation sites excluding steroid dienone is 8. The van der Waals surface area contributed by atoms with E-state index in [0.717, 1.165) is 57.8 Å².